The van der Waals surface area contributed by atoms with Gasteiger partial charge in [-0.1, -0.05) is 0 Å². The molecule has 0 aliphatic carbocycles. The SMILES string of the molecule is Cc1nn(C)c(C)c1C(=O)N[C@@H](CCO)C(=O)O. The van der Waals surface area contributed by atoms with E-state index in [1.165, 1.54) is 0 Å². The van der Waals surface area contributed by atoms with Gasteiger partial charge < -0.3 is 15.5 Å². The summed E-state index contributed by atoms with van der Waals surface area (Å²) in [7, 11) is 1.71. The van der Waals surface area contributed by atoms with E-state index >= 15 is 0 Å². The predicted molar refractivity (Wildman–Crippen MR) is 63.3 cm³/mol. The maximum Gasteiger partial charge on any atom is 0.326 e. The molecule has 0 aliphatic heterocycles. The fourth-order valence-electron chi connectivity index (χ4n) is 1.72. The Morgan fingerprint density at radius 1 is 1.44 bits per heavy atom. The molecule has 0 bridgehead atoms. The van der Waals surface area contributed by atoms with Crippen LogP contribution in [0.4, 0.5) is 0 Å². The lowest BCUT2D eigenvalue weighted by atomic mass is 10.1. The topological polar surface area (TPSA) is 104 Å². The van der Waals surface area contributed by atoms with Gasteiger partial charge in [0, 0.05) is 25.8 Å². The highest BCUT2D eigenvalue weighted by molar-refractivity contribution is 5.98. The lowest BCUT2D eigenvalue weighted by molar-refractivity contribution is -0.139. The van der Waals surface area contributed by atoms with E-state index in [1.54, 1.807) is 25.6 Å². The Balaban J connectivity index is 2.90. The minimum atomic E-state index is -1.17. The molecule has 0 radical (unpaired) electrons. The molecular formula is C11H17N3O4. The molecule has 1 heterocycles. The fourth-order valence-corrected chi connectivity index (χ4v) is 1.72. The van der Waals surface area contributed by atoms with Crippen molar-refractivity contribution >= 4 is 11.9 Å². The molecule has 7 heteroatoms. The molecule has 1 amide bonds. The minimum Gasteiger partial charge on any atom is -0.480 e. The number of hydrogen-bond acceptors (Lipinski definition) is 4. The van der Waals surface area contributed by atoms with E-state index in [9.17, 15) is 9.59 Å². The van der Waals surface area contributed by atoms with Crippen LogP contribution in [0.25, 0.3) is 0 Å². The van der Waals surface area contributed by atoms with Crippen molar-refractivity contribution in [3.05, 3.63) is 17.0 Å². The lowest BCUT2D eigenvalue weighted by Crippen LogP contribution is -2.41. The maximum atomic E-state index is 12.0. The Labute approximate surface area is 104 Å². The lowest BCUT2D eigenvalue weighted by Gasteiger charge is -2.13. The first-order valence-electron chi connectivity index (χ1n) is 5.53. The smallest absolute Gasteiger partial charge is 0.326 e. The van der Waals surface area contributed by atoms with Crippen LogP contribution in [0.5, 0.6) is 0 Å². The van der Waals surface area contributed by atoms with E-state index < -0.39 is 17.9 Å². The van der Waals surface area contributed by atoms with Crippen LogP contribution in [0.1, 0.15) is 28.2 Å². The zero-order valence-electron chi connectivity index (χ0n) is 10.6. The van der Waals surface area contributed by atoms with E-state index in [0.717, 1.165) is 0 Å². The van der Waals surface area contributed by atoms with Crippen molar-refractivity contribution in [2.75, 3.05) is 6.61 Å². The van der Waals surface area contributed by atoms with Gasteiger partial charge in [-0.3, -0.25) is 9.48 Å². The summed E-state index contributed by atoms with van der Waals surface area (Å²) in [6, 6.07) is -1.10. The number of rotatable bonds is 5. The van der Waals surface area contributed by atoms with Gasteiger partial charge in [0.05, 0.1) is 11.3 Å². The largest absolute Gasteiger partial charge is 0.480 e. The third-order valence-corrected chi connectivity index (χ3v) is 2.76. The molecule has 0 saturated heterocycles. The summed E-state index contributed by atoms with van der Waals surface area (Å²) in [5.41, 5.74) is 1.58. The Morgan fingerprint density at radius 3 is 2.44 bits per heavy atom. The van der Waals surface area contributed by atoms with Crippen molar-refractivity contribution in [1.82, 2.24) is 15.1 Å². The second-order valence-corrected chi connectivity index (χ2v) is 4.05. The first-order chi connectivity index (χ1) is 8.38. The van der Waals surface area contributed by atoms with Crippen LogP contribution in [0.3, 0.4) is 0 Å². The van der Waals surface area contributed by atoms with Gasteiger partial charge in [-0.15, -0.1) is 0 Å². The maximum absolute atomic E-state index is 12.0. The van der Waals surface area contributed by atoms with Crippen molar-refractivity contribution in [1.29, 1.82) is 0 Å². The standard InChI is InChI=1S/C11H17N3O4/c1-6-9(7(2)14(3)13-6)10(16)12-8(4-5-15)11(17)18/h8,15H,4-5H2,1-3H3,(H,12,16)(H,17,18)/t8-/m0/s1. The highest BCUT2D eigenvalue weighted by atomic mass is 16.4. The average Bonchev–Trinajstić information content (AvgIpc) is 2.52. The summed E-state index contributed by atoms with van der Waals surface area (Å²) in [5, 5.41) is 24.1. The van der Waals surface area contributed by atoms with Crippen molar-refractivity contribution in [3.63, 3.8) is 0 Å². The molecule has 1 atom stereocenters. The molecule has 0 fully saturated rings. The van der Waals surface area contributed by atoms with Gasteiger partial charge in [0.15, 0.2) is 0 Å². The Morgan fingerprint density at radius 2 is 2.06 bits per heavy atom. The monoisotopic (exact) mass is 255 g/mol. The van der Waals surface area contributed by atoms with E-state index in [-0.39, 0.29) is 13.0 Å². The molecule has 0 aliphatic rings. The van der Waals surface area contributed by atoms with Crippen molar-refractivity contribution < 1.29 is 19.8 Å². The molecule has 1 aromatic heterocycles. The van der Waals surface area contributed by atoms with E-state index in [2.05, 4.69) is 10.4 Å². The van der Waals surface area contributed by atoms with Gasteiger partial charge in [-0.25, -0.2) is 4.79 Å². The van der Waals surface area contributed by atoms with Crippen molar-refractivity contribution in [2.24, 2.45) is 7.05 Å². The number of carbonyl (C=O) groups excluding carboxylic acids is 1. The van der Waals surface area contributed by atoms with Crippen LogP contribution in [0, 0.1) is 13.8 Å². The van der Waals surface area contributed by atoms with Crippen molar-refractivity contribution in [2.45, 2.75) is 26.3 Å². The Kier molecular flexibility index (Phi) is 4.43. The quantitative estimate of drug-likeness (QED) is 0.664. The zero-order valence-corrected chi connectivity index (χ0v) is 10.6. The second kappa shape index (κ2) is 5.63. The highest BCUT2D eigenvalue weighted by Crippen LogP contribution is 2.12. The number of carboxylic acid groups (broad SMARTS) is 1. The van der Waals surface area contributed by atoms with Gasteiger partial charge in [0.25, 0.3) is 5.91 Å². The van der Waals surface area contributed by atoms with Crippen LogP contribution in [0.15, 0.2) is 0 Å². The summed E-state index contributed by atoms with van der Waals surface area (Å²) in [4.78, 5) is 22.9. The fraction of sp³-hybridized carbons (Fsp3) is 0.545. The molecule has 0 saturated carbocycles. The number of carboxylic acids is 1. The molecular weight excluding hydrogens is 238 g/mol. The number of nitrogens with one attached hydrogen (secondary N) is 1. The predicted octanol–water partition coefficient (Wildman–Crippen LogP) is -0.398. The van der Waals surface area contributed by atoms with Gasteiger partial charge >= 0.3 is 5.97 Å². The molecule has 3 N–H and O–H groups in total. The highest BCUT2D eigenvalue weighted by Gasteiger charge is 2.23. The molecule has 0 unspecified atom stereocenters. The van der Waals surface area contributed by atoms with Gasteiger partial charge in [0.2, 0.25) is 0 Å². The molecule has 18 heavy (non-hydrogen) atoms. The molecule has 1 rings (SSSR count). The van der Waals surface area contributed by atoms with Gasteiger partial charge in [0.1, 0.15) is 6.04 Å². The van der Waals surface area contributed by atoms with Crippen LogP contribution in [-0.2, 0) is 11.8 Å². The van der Waals surface area contributed by atoms with Crippen LogP contribution in [0.2, 0.25) is 0 Å². The number of aryl methyl sites for hydroxylation is 2. The van der Waals surface area contributed by atoms with Crippen LogP contribution < -0.4 is 5.32 Å². The summed E-state index contributed by atoms with van der Waals surface area (Å²) in [5.74, 6) is -1.66. The zero-order chi connectivity index (χ0) is 13.9. The number of carbonyl (C=O) groups is 2. The number of aliphatic hydroxyl groups is 1. The van der Waals surface area contributed by atoms with Crippen molar-refractivity contribution in [3.8, 4) is 0 Å². The normalized spacial score (nSPS) is 12.2. The molecule has 100 valence electrons. The summed E-state index contributed by atoms with van der Waals surface area (Å²) >= 11 is 0. The number of hydrogen-bond donors (Lipinski definition) is 3. The van der Waals surface area contributed by atoms with E-state index in [4.69, 9.17) is 10.2 Å². The molecule has 7 nitrogen and oxygen atoms in total. The van der Waals surface area contributed by atoms with E-state index in [0.29, 0.717) is 17.0 Å². The number of nitrogens with zero attached hydrogens (tertiary/aromatic N) is 2. The third-order valence-electron chi connectivity index (χ3n) is 2.76. The molecule has 0 aromatic carbocycles. The van der Waals surface area contributed by atoms with Gasteiger partial charge in [-0.05, 0) is 13.8 Å². The third kappa shape index (κ3) is 2.86. The number of aliphatic hydroxyl groups excluding tert-OH is 1. The molecule has 1 aromatic rings. The van der Waals surface area contributed by atoms with Crippen LogP contribution >= 0.6 is 0 Å². The summed E-state index contributed by atoms with van der Waals surface area (Å²) < 4.78 is 1.56. The number of aromatic nitrogens is 2. The second-order valence-electron chi connectivity index (χ2n) is 4.05. The minimum absolute atomic E-state index is 0.0283. The Hall–Kier alpha value is -1.89. The van der Waals surface area contributed by atoms with Gasteiger partial charge in [-0.2, -0.15) is 5.10 Å². The first-order valence-corrected chi connectivity index (χ1v) is 5.53. The average molecular weight is 255 g/mol. The summed E-state index contributed by atoms with van der Waals surface area (Å²) in [6.45, 7) is 3.11. The molecule has 0 spiro atoms. The first kappa shape index (κ1) is 14.2. The number of amides is 1. The number of aliphatic carboxylic acids is 1. The Bertz CT molecular complexity index is 467. The summed E-state index contributed by atoms with van der Waals surface area (Å²) in [6.07, 6.45) is -0.0283. The van der Waals surface area contributed by atoms with Crippen LogP contribution in [-0.4, -0.2) is 44.5 Å². The van der Waals surface area contributed by atoms with E-state index in [1.807, 2.05) is 0 Å².